The molecular weight excluding hydrogens is 363 g/mol. The van der Waals surface area contributed by atoms with Crippen molar-refractivity contribution in [3.63, 3.8) is 0 Å². The van der Waals surface area contributed by atoms with Crippen molar-refractivity contribution in [1.29, 1.82) is 0 Å². The third-order valence-electron chi connectivity index (χ3n) is 4.33. The first-order valence-corrected chi connectivity index (χ1v) is 8.81. The van der Waals surface area contributed by atoms with E-state index >= 15 is 0 Å². The number of ether oxygens (including phenoxy) is 1. The van der Waals surface area contributed by atoms with Crippen LogP contribution >= 0.6 is 23.2 Å². The first-order chi connectivity index (χ1) is 12.0. The second kappa shape index (κ2) is 8.15. The maximum absolute atomic E-state index is 10.7. The summed E-state index contributed by atoms with van der Waals surface area (Å²) in [6.07, 6.45) is 0.812. The maximum Gasteiger partial charge on any atom is 0.269 e. The molecule has 0 saturated carbocycles. The molecule has 7 heteroatoms. The molecular formula is C18H18Cl2N2O3. The van der Waals surface area contributed by atoms with Gasteiger partial charge >= 0.3 is 0 Å². The topological polar surface area (TPSA) is 55.6 Å². The first kappa shape index (κ1) is 18.1. The van der Waals surface area contributed by atoms with Crippen molar-refractivity contribution in [2.24, 2.45) is 0 Å². The Morgan fingerprint density at radius 1 is 1.16 bits per heavy atom. The summed E-state index contributed by atoms with van der Waals surface area (Å²) >= 11 is 12.1. The molecule has 1 aliphatic rings. The van der Waals surface area contributed by atoms with E-state index < -0.39 is 0 Å². The molecule has 0 N–H and O–H groups in total. The summed E-state index contributed by atoms with van der Waals surface area (Å²) in [6.45, 7) is 3.18. The molecule has 1 aliphatic heterocycles. The lowest BCUT2D eigenvalue weighted by molar-refractivity contribution is -0.384. The van der Waals surface area contributed by atoms with Gasteiger partial charge < -0.3 is 4.74 Å². The van der Waals surface area contributed by atoms with Gasteiger partial charge in [0.1, 0.15) is 0 Å². The maximum atomic E-state index is 10.7. The lowest BCUT2D eigenvalue weighted by Gasteiger charge is -2.33. The number of benzene rings is 2. The Hall–Kier alpha value is -1.66. The fraction of sp³-hybridized carbons (Fsp3) is 0.333. The van der Waals surface area contributed by atoms with Gasteiger partial charge in [0, 0.05) is 31.8 Å². The van der Waals surface area contributed by atoms with Gasteiger partial charge in [0.05, 0.1) is 27.7 Å². The number of non-ortho nitro benzene ring substituents is 1. The summed E-state index contributed by atoms with van der Waals surface area (Å²) in [5.74, 6) is 0. The minimum atomic E-state index is -0.381. The van der Waals surface area contributed by atoms with Crippen LogP contribution in [0.25, 0.3) is 0 Å². The van der Waals surface area contributed by atoms with Crippen LogP contribution in [0.15, 0.2) is 42.5 Å². The Labute approximate surface area is 156 Å². The molecule has 0 amide bonds. The Bertz CT molecular complexity index is 752. The smallest absolute Gasteiger partial charge is 0.269 e. The molecule has 2 aromatic carbocycles. The van der Waals surface area contributed by atoms with E-state index in [4.69, 9.17) is 27.9 Å². The summed E-state index contributed by atoms with van der Waals surface area (Å²) in [6, 6.07) is 12.3. The van der Waals surface area contributed by atoms with Gasteiger partial charge in [-0.25, -0.2) is 0 Å². The van der Waals surface area contributed by atoms with E-state index in [0.717, 1.165) is 37.2 Å². The highest BCUT2D eigenvalue weighted by Gasteiger charge is 2.22. The second-order valence-electron chi connectivity index (χ2n) is 6.01. The number of rotatable bonds is 5. The summed E-state index contributed by atoms with van der Waals surface area (Å²) < 4.78 is 5.86. The molecule has 3 rings (SSSR count). The summed E-state index contributed by atoms with van der Waals surface area (Å²) in [7, 11) is 0. The predicted octanol–water partition coefficient (Wildman–Crippen LogP) is 4.52. The van der Waals surface area contributed by atoms with Crippen LogP contribution < -0.4 is 0 Å². The Kier molecular flexibility index (Phi) is 5.91. The Morgan fingerprint density at radius 3 is 2.60 bits per heavy atom. The van der Waals surface area contributed by atoms with Gasteiger partial charge in [0.2, 0.25) is 0 Å². The zero-order chi connectivity index (χ0) is 17.8. The van der Waals surface area contributed by atoms with Crippen LogP contribution in [-0.2, 0) is 11.2 Å². The van der Waals surface area contributed by atoms with Crippen LogP contribution in [0.1, 0.15) is 17.2 Å². The van der Waals surface area contributed by atoms with Crippen molar-refractivity contribution in [3.05, 3.63) is 73.8 Å². The van der Waals surface area contributed by atoms with E-state index in [1.54, 1.807) is 18.2 Å². The van der Waals surface area contributed by atoms with E-state index in [0.29, 0.717) is 16.7 Å². The molecule has 0 bridgehead atoms. The number of nitro benzene ring substituents is 1. The molecule has 0 spiro atoms. The molecule has 0 radical (unpaired) electrons. The number of nitro groups is 1. The van der Waals surface area contributed by atoms with Crippen LogP contribution in [0.3, 0.4) is 0 Å². The third-order valence-corrected chi connectivity index (χ3v) is 5.07. The normalized spacial score (nSPS) is 18.2. The number of halogens is 2. The molecule has 0 aromatic heterocycles. The molecule has 1 unspecified atom stereocenters. The molecule has 132 valence electrons. The molecule has 25 heavy (non-hydrogen) atoms. The van der Waals surface area contributed by atoms with Gasteiger partial charge in [0.15, 0.2) is 0 Å². The monoisotopic (exact) mass is 380 g/mol. The number of hydrogen-bond acceptors (Lipinski definition) is 4. The quantitative estimate of drug-likeness (QED) is 0.565. The molecule has 1 saturated heterocycles. The summed E-state index contributed by atoms with van der Waals surface area (Å²) in [5, 5.41) is 11.8. The minimum Gasteiger partial charge on any atom is -0.371 e. The lowest BCUT2D eigenvalue weighted by Crippen LogP contribution is -2.39. The summed E-state index contributed by atoms with van der Waals surface area (Å²) in [4.78, 5) is 12.6. The van der Waals surface area contributed by atoms with Crippen LogP contribution in [0, 0.1) is 10.1 Å². The van der Waals surface area contributed by atoms with Gasteiger partial charge in [0.25, 0.3) is 5.69 Å². The average Bonchev–Trinajstić information content (AvgIpc) is 2.63. The highest BCUT2D eigenvalue weighted by molar-refractivity contribution is 6.42. The largest absolute Gasteiger partial charge is 0.371 e. The van der Waals surface area contributed by atoms with Crippen molar-refractivity contribution < 1.29 is 9.66 Å². The first-order valence-electron chi connectivity index (χ1n) is 8.05. The van der Waals surface area contributed by atoms with Crippen LogP contribution in [0.2, 0.25) is 10.0 Å². The average molecular weight is 381 g/mol. The highest BCUT2D eigenvalue weighted by Crippen LogP contribution is 2.29. The van der Waals surface area contributed by atoms with Gasteiger partial charge in [-0.2, -0.15) is 0 Å². The molecule has 1 fully saturated rings. The van der Waals surface area contributed by atoms with E-state index in [1.807, 2.05) is 24.3 Å². The fourth-order valence-corrected chi connectivity index (χ4v) is 3.20. The number of hydrogen-bond donors (Lipinski definition) is 0. The van der Waals surface area contributed by atoms with Gasteiger partial charge in [-0.05, 0) is 29.7 Å². The Balaban J connectivity index is 1.58. The third kappa shape index (κ3) is 4.70. The van der Waals surface area contributed by atoms with Gasteiger partial charge in [-0.3, -0.25) is 15.0 Å². The van der Waals surface area contributed by atoms with E-state index in [-0.39, 0.29) is 16.7 Å². The zero-order valence-corrected chi connectivity index (χ0v) is 15.0. The SMILES string of the molecule is O=[N+]([O-])c1ccc(CCN2CCOC(c3ccc(Cl)c(Cl)c3)C2)cc1. The van der Waals surface area contributed by atoms with Crippen molar-refractivity contribution in [2.45, 2.75) is 12.5 Å². The van der Waals surface area contributed by atoms with E-state index in [9.17, 15) is 10.1 Å². The molecule has 1 heterocycles. The number of nitrogens with zero attached hydrogens (tertiary/aromatic N) is 2. The zero-order valence-electron chi connectivity index (χ0n) is 13.5. The highest BCUT2D eigenvalue weighted by atomic mass is 35.5. The fourth-order valence-electron chi connectivity index (χ4n) is 2.89. The Morgan fingerprint density at radius 2 is 1.92 bits per heavy atom. The van der Waals surface area contributed by atoms with Crippen LogP contribution in [0.4, 0.5) is 5.69 Å². The van der Waals surface area contributed by atoms with E-state index in [2.05, 4.69) is 4.90 Å². The second-order valence-corrected chi connectivity index (χ2v) is 6.82. The van der Waals surface area contributed by atoms with Crippen LogP contribution in [-0.4, -0.2) is 36.1 Å². The van der Waals surface area contributed by atoms with Crippen molar-refractivity contribution >= 4 is 28.9 Å². The van der Waals surface area contributed by atoms with Gasteiger partial charge in [-0.15, -0.1) is 0 Å². The van der Waals surface area contributed by atoms with Crippen molar-refractivity contribution in [3.8, 4) is 0 Å². The molecule has 5 nitrogen and oxygen atoms in total. The van der Waals surface area contributed by atoms with Crippen molar-refractivity contribution in [2.75, 3.05) is 26.2 Å². The molecule has 0 aliphatic carbocycles. The predicted molar refractivity (Wildman–Crippen MR) is 98.4 cm³/mol. The van der Waals surface area contributed by atoms with Crippen LogP contribution in [0.5, 0.6) is 0 Å². The molecule has 1 atom stereocenters. The van der Waals surface area contributed by atoms with Crippen molar-refractivity contribution in [1.82, 2.24) is 4.90 Å². The molecule has 2 aromatic rings. The summed E-state index contributed by atoms with van der Waals surface area (Å²) in [5.41, 5.74) is 2.23. The van der Waals surface area contributed by atoms with E-state index in [1.165, 1.54) is 0 Å². The minimum absolute atomic E-state index is 0.0274. The number of morpholine rings is 1. The lowest BCUT2D eigenvalue weighted by atomic mass is 10.1. The standard InChI is InChI=1S/C18H18Cl2N2O3/c19-16-6-3-14(11-17(16)20)18-12-21(9-10-25-18)8-7-13-1-4-15(5-2-13)22(23)24/h1-6,11,18H,7-10,12H2. The van der Waals surface area contributed by atoms with Gasteiger partial charge in [-0.1, -0.05) is 41.4 Å².